The van der Waals surface area contributed by atoms with Crippen LogP contribution in [0.3, 0.4) is 0 Å². The van der Waals surface area contributed by atoms with E-state index in [1.54, 1.807) is 0 Å². The van der Waals surface area contributed by atoms with Gasteiger partial charge in [0.1, 0.15) is 19.8 Å². The molecule has 0 aromatic rings. The molecule has 0 aliphatic rings. The van der Waals surface area contributed by atoms with E-state index in [0.717, 1.165) is 70.6 Å². The third-order valence-corrected chi connectivity index (χ3v) is 16.8. The lowest BCUT2D eigenvalue weighted by Crippen LogP contribution is -2.37. The van der Waals surface area contributed by atoms with Crippen LogP contribution < -0.4 is 4.89 Å². The molecule has 0 saturated heterocycles. The van der Waals surface area contributed by atoms with E-state index in [2.05, 4.69) is 74.6 Å². The van der Waals surface area contributed by atoms with Crippen LogP contribution in [0, 0.1) is 0 Å². The van der Waals surface area contributed by atoms with Gasteiger partial charge in [0, 0.05) is 12.8 Å². The number of hydrogen-bond acceptors (Lipinski definition) is 8. The maximum absolute atomic E-state index is 12.9. The molecule has 0 fully saturated rings. The van der Waals surface area contributed by atoms with Gasteiger partial charge in [-0.3, -0.25) is 14.2 Å². The van der Waals surface area contributed by atoms with E-state index < -0.39 is 26.5 Å². The van der Waals surface area contributed by atoms with Gasteiger partial charge >= 0.3 is 11.9 Å². The molecule has 0 heterocycles. The van der Waals surface area contributed by atoms with Crippen molar-refractivity contribution in [1.29, 1.82) is 0 Å². The molecular formula is C73H136NO8P. The number of nitrogens with zero attached hydrogens (tertiary/aromatic N) is 1. The van der Waals surface area contributed by atoms with E-state index in [4.69, 9.17) is 18.5 Å². The zero-order valence-corrected chi connectivity index (χ0v) is 56.3. The van der Waals surface area contributed by atoms with Gasteiger partial charge in [0.2, 0.25) is 0 Å². The number of esters is 2. The molecule has 83 heavy (non-hydrogen) atoms. The van der Waals surface area contributed by atoms with Crippen molar-refractivity contribution >= 4 is 19.8 Å². The van der Waals surface area contributed by atoms with Crippen molar-refractivity contribution in [2.75, 3.05) is 47.5 Å². The number of likely N-dealkylation sites (N-methyl/N-ethyl adjacent to an activating group) is 1. The summed E-state index contributed by atoms with van der Waals surface area (Å²) in [5.41, 5.74) is 0. The normalized spacial score (nSPS) is 13.5. The van der Waals surface area contributed by atoms with Crippen molar-refractivity contribution in [3.63, 3.8) is 0 Å². The van der Waals surface area contributed by atoms with Gasteiger partial charge in [-0.15, -0.1) is 0 Å². The van der Waals surface area contributed by atoms with Crippen LogP contribution >= 0.6 is 7.82 Å². The molecule has 0 spiro atoms. The smallest absolute Gasteiger partial charge is 0.306 e. The van der Waals surface area contributed by atoms with E-state index in [1.807, 2.05) is 21.1 Å². The highest BCUT2D eigenvalue weighted by Crippen LogP contribution is 2.38. The first kappa shape index (κ1) is 80.7. The van der Waals surface area contributed by atoms with Crippen LogP contribution in [0.4, 0.5) is 0 Å². The summed E-state index contributed by atoms with van der Waals surface area (Å²) in [6, 6.07) is 0. The van der Waals surface area contributed by atoms with Gasteiger partial charge in [0.25, 0.3) is 7.82 Å². The van der Waals surface area contributed by atoms with Gasteiger partial charge in [0.15, 0.2) is 6.10 Å². The fraction of sp³-hybridized carbons (Fsp3) is 0.836. The Balaban J connectivity index is 3.98. The Morgan fingerprint density at radius 3 is 1.02 bits per heavy atom. The Morgan fingerprint density at radius 1 is 0.386 bits per heavy atom. The summed E-state index contributed by atoms with van der Waals surface area (Å²) in [4.78, 5) is 38.1. The Hall–Kier alpha value is -2.29. The minimum atomic E-state index is -4.64. The highest BCUT2D eigenvalue weighted by atomic mass is 31.2. The predicted octanol–water partition coefficient (Wildman–Crippen LogP) is 22.4. The number of ether oxygens (including phenoxy) is 2. The molecular weight excluding hydrogens is 1050 g/mol. The van der Waals surface area contributed by atoms with Crippen LogP contribution in [-0.2, 0) is 32.7 Å². The highest BCUT2D eigenvalue weighted by Gasteiger charge is 2.22. The Bertz CT molecular complexity index is 1580. The van der Waals surface area contributed by atoms with Gasteiger partial charge in [-0.1, -0.05) is 331 Å². The van der Waals surface area contributed by atoms with Crippen molar-refractivity contribution in [2.24, 2.45) is 0 Å². The van der Waals surface area contributed by atoms with E-state index in [0.29, 0.717) is 17.4 Å². The Morgan fingerprint density at radius 2 is 0.687 bits per heavy atom. The topological polar surface area (TPSA) is 111 Å². The molecule has 0 N–H and O–H groups in total. The standard InChI is InChI=1S/C73H136NO8P/c1-6-8-10-12-14-16-18-20-22-24-26-28-30-32-33-34-35-36-37-38-39-40-41-42-44-46-48-50-52-54-56-58-60-62-64-66-73(76)82-71(70-81-83(77,78)80-68-67-74(3,4)5)69-79-72(75)65-63-61-59-57-55-53-51-49-47-45-43-31-29-27-25-23-21-19-17-15-13-11-9-7-2/h8,10,14,16,20,22,26,28,32-33,71H,6-7,9,11-13,15,17-19,21,23-25,27,29-31,34-70H2,1-5H3/b10-8-,16-14-,22-20-,28-26-,33-32-. The van der Waals surface area contributed by atoms with Crippen LogP contribution in [0.5, 0.6) is 0 Å². The van der Waals surface area contributed by atoms with Gasteiger partial charge in [-0.25, -0.2) is 0 Å². The molecule has 2 unspecified atom stereocenters. The van der Waals surface area contributed by atoms with Gasteiger partial charge in [-0.2, -0.15) is 0 Å². The molecule has 0 saturated carbocycles. The second kappa shape index (κ2) is 64.2. The second-order valence-corrected chi connectivity index (χ2v) is 26.6. The Labute approximate surface area is 515 Å². The first-order chi connectivity index (χ1) is 40.5. The SMILES string of the molecule is CC/C=C\C/C=C\C/C=C\C/C=C\C/C=C\CCCCCCCCCCCCCCCCCCCCCC(=O)OC(COC(=O)CCCCCCCCCCCCCCCCCCCCCCCCCC)COP(=O)([O-])OCC[N+](C)(C)C. The predicted molar refractivity (Wildman–Crippen MR) is 356 cm³/mol. The maximum Gasteiger partial charge on any atom is 0.306 e. The number of quaternary nitrogens is 1. The average molecular weight is 1190 g/mol. The lowest BCUT2D eigenvalue weighted by molar-refractivity contribution is -0.870. The summed E-state index contributed by atoms with van der Waals surface area (Å²) in [5, 5.41) is 0. The molecule has 0 bridgehead atoms. The maximum atomic E-state index is 12.9. The van der Waals surface area contributed by atoms with Crippen molar-refractivity contribution in [2.45, 2.75) is 347 Å². The number of phosphoric ester groups is 1. The molecule has 9 nitrogen and oxygen atoms in total. The number of unbranched alkanes of at least 4 members (excludes halogenated alkanes) is 42. The third kappa shape index (κ3) is 68.7. The molecule has 0 amide bonds. The quantitative estimate of drug-likeness (QED) is 0.0195. The van der Waals surface area contributed by atoms with Crippen molar-refractivity contribution in [3.05, 3.63) is 60.8 Å². The highest BCUT2D eigenvalue weighted by molar-refractivity contribution is 7.45. The van der Waals surface area contributed by atoms with E-state index >= 15 is 0 Å². The van der Waals surface area contributed by atoms with Crippen LogP contribution in [0.25, 0.3) is 0 Å². The van der Waals surface area contributed by atoms with Crippen LogP contribution in [0.2, 0.25) is 0 Å². The third-order valence-electron chi connectivity index (χ3n) is 15.8. The minimum absolute atomic E-state index is 0.0287. The number of carbonyl (C=O) groups is 2. The van der Waals surface area contributed by atoms with Gasteiger partial charge in [0.05, 0.1) is 27.7 Å². The molecule has 0 aliphatic heterocycles. The summed E-state index contributed by atoms with van der Waals surface area (Å²) in [6.07, 6.45) is 84.5. The largest absolute Gasteiger partial charge is 0.756 e. The van der Waals surface area contributed by atoms with Crippen LogP contribution in [0.1, 0.15) is 341 Å². The van der Waals surface area contributed by atoms with E-state index in [-0.39, 0.29) is 32.0 Å². The minimum Gasteiger partial charge on any atom is -0.756 e. The van der Waals surface area contributed by atoms with Gasteiger partial charge in [-0.05, 0) is 57.8 Å². The van der Waals surface area contributed by atoms with Crippen LogP contribution in [-0.4, -0.2) is 70.0 Å². The first-order valence-corrected chi connectivity index (χ1v) is 37.0. The lowest BCUT2D eigenvalue weighted by atomic mass is 10.0. The van der Waals surface area contributed by atoms with Crippen molar-refractivity contribution in [3.8, 4) is 0 Å². The zero-order valence-electron chi connectivity index (χ0n) is 55.4. The molecule has 0 radical (unpaired) electrons. The van der Waals surface area contributed by atoms with Crippen molar-refractivity contribution in [1.82, 2.24) is 0 Å². The lowest BCUT2D eigenvalue weighted by Gasteiger charge is -2.28. The summed E-state index contributed by atoms with van der Waals surface area (Å²) < 4.78 is 34.3. The van der Waals surface area contributed by atoms with Crippen LogP contribution in [0.15, 0.2) is 60.8 Å². The monoisotopic (exact) mass is 1190 g/mol. The van der Waals surface area contributed by atoms with Gasteiger partial charge < -0.3 is 27.9 Å². The molecule has 0 aromatic heterocycles. The average Bonchev–Trinajstić information content (AvgIpc) is 3.49. The fourth-order valence-electron chi connectivity index (χ4n) is 10.4. The number of phosphoric acid groups is 1. The Kier molecular flexibility index (Phi) is 62.4. The molecule has 0 aromatic carbocycles. The summed E-state index contributed by atoms with van der Waals surface area (Å²) >= 11 is 0. The molecule has 0 rings (SSSR count). The fourth-order valence-corrected chi connectivity index (χ4v) is 11.1. The molecule has 0 aliphatic carbocycles. The molecule has 10 heteroatoms. The zero-order chi connectivity index (χ0) is 60.5. The number of rotatable bonds is 66. The first-order valence-electron chi connectivity index (χ1n) is 35.5. The van der Waals surface area contributed by atoms with E-state index in [9.17, 15) is 19.0 Å². The van der Waals surface area contributed by atoms with E-state index in [1.165, 1.54) is 238 Å². The van der Waals surface area contributed by atoms with Crippen molar-refractivity contribution < 1.29 is 42.1 Å². The number of allylic oxidation sites excluding steroid dienone is 10. The molecule has 486 valence electrons. The number of hydrogen-bond donors (Lipinski definition) is 0. The number of carbonyl (C=O) groups excluding carboxylic acids is 2. The molecule has 2 atom stereocenters. The second-order valence-electron chi connectivity index (χ2n) is 25.2. The summed E-state index contributed by atoms with van der Waals surface area (Å²) in [5.74, 6) is -0.813. The summed E-state index contributed by atoms with van der Waals surface area (Å²) in [6.45, 7) is 4.19. The summed E-state index contributed by atoms with van der Waals surface area (Å²) in [7, 11) is 1.18.